The van der Waals surface area contributed by atoms with Gasteiger partial charge in [-0.1, -0.05) is 18.2 Å². The van der Waals surface area contributed by atoms with Crippen molar-refractivity contribution in [2.45, 2.75) is 32.0 Å². The molecule has 0 saturated carbocycles. The van der Waals surface area contributed by atoms with Crippen LogP contribution in [0, 0.1) is 0 Å². The summed E-state index contributed by atoms with van der Waals surface area (Å²) in [6, 6.07) is 9.80. The maximum Gasteiger partial charge on any atom is 0.276 e. The van der Waals surface area contributed by atoms with E-state index < -0.39 is 17.9 Å². The average Bonchev–Trinajstić information content (AvgIpc) is 3.12. The molecule has 1 aromatic carbocycles. The number of pyridine rings is 1. The van der Waals surface area contributed by atoms with Gasteiger partial charge in [0.05, 0.1) is 6.04 Å². The summed E-state index contributed by atoms with van der Waals surface area (Å²) in [5.41, 5.74) is 2.28. The Kier molecular flexibility index (Phi) is 4.70. The SMILES string of the molecule is O=C1CCC(N2Cc3cccc(C(=O)NC(=O)c4ccccn4)c3C2)C(=O)N1. The summed E-state index contributed by atoms with van der Waals surface area (Å²) in [4.78, 5) is 54.3. The van der Waals surface area contributed by atoms with Crippen molar-refractivity contribution in [3.63, 3.8) is 0 Å². The first kappa shape index (κ1) is 18.0. The fourth-order valence-electron chi connectivity index (χ4n) is 3.64. The molecule has 2 aromatic rings. The summed E-state index contributed by atoms with van der Waals surface area (Å²) < 4.78 is 0. The normalized spacial score (nSPS) is 19.1. The van der Waals surface area contributed by atoms with Gasteiger partial charge in [0, 0.05) is 31.3 Å². The van der Waals surface area contributed by atoms with Crippen molar-refractivity contribution in [1.29, 1.82) is 0 Å². The molecule has 8 heteroatoms. The lowest BCUT2D eigenvalue weighted by molar-refractivity contribution is -0.137. The zero-order valence-electron chi connectivity index (χ0n) is 15.0. The molecule has 1 saturated heterocycles. The molecule has 2 N–H and O–H groups in total. The van der Waals surface area contributed by atoms with Crippen molar-refractivity contribution in [1.82, 2.24) is 20.5 Å². The van der Waals surface area contributed by atoms with Crippen molar-refractivity contribution >= 4 is 23.6 Å². The third kappa shape index (κ3) is 3.41. The van der Waals surface area contributed by atoms with Crippen molar-refractivity contribution in [3.05, 3.63) is 65.0 Å². The Morgan fingerprint density at radius 2 is 1.93 bits per heavy atom. The van der Waals surface area contributed by atoms with Gasteiger partial charge in [-0.05, 0) is 35.7 Å². The minimum Gasteiger partial charge on any atom is -0.295 e. The maximum atomic E-state index is 12.7. The van der Waals surface area contributed by atoms with E-state index in [9.17, 15) is 19.2 Å². The molecule has 0 aliphatic carbocycles. The third-order valence-corrected chi connectivity index (χ3v) is 5.03. The fourth-order valence-corrected chi connectivity index (χ4v) is 3.64. The van der Waals surface area contributed by atoms with E-state index in [2.05, 4.69) is 15.6 Å². The van der Waals surface area contributed by atoms with Crippen molar-refractivity contribution in [2.75, 3.05) is 0 Å². The summed E-state index contributed by atoms with van der Waals surface area (Å²) in [5, 5.41) is 4.73. The van der Waals surface area contributed by atoms with Gasteiger partial charge >= 0.3 is 0 Å². The molecule has 4 amide bonds. The molecule has 142 valence electrons. The summed E-state index contributed by atoms with van der Waals surface area (Å²) in [7, 11) is 0. The molecule has 3 heterocycles. The molecule has 1 unspecified atom stereocenters. The van der Waals surface area contributed by atoms with Crippen LogP contribution in [-0.4, -0.2) is 39.6 Å². The zero-order valence-corrected chi connectivity index (χ0v) is 15.0. The molecular formula is C20H18N4O4. The van der Waals surface area contributed by atoms with Gasteiger partial charge in [0.1, 0.15) is 5.69 Å². The van der Waals surface area contributed by atoms with Crippen LogP contribution in [0.4, 0.5) is 0 Å². The van der Waals surface area contributed by atoms with Gasteiger partial charge in [-0.2, -0.15) is 0 Å². The second-order valence-electron chi connectivity index (χ2n) is 6.81. The first-order valence-electron chi connectivity index (χ1n) is 8.98. The molecule has 1 fully saturated rings. The molecular weight excluding hydrogens is 360 g/mol. The number of aromatic nitrogens is 1. The quantitative estimate of drug-likeness (QED) is 0.764. The number of hydrogen-bond donors (Lipinski definition) is 2. The van der Waals surface area contributed by atoms with Crippen LogP contribution in [0.1, 0.15) is 44.8 Å². The fraction of sp³-hybridized carbons (Fsp3) is 0.250. The highest BCUT2D eigenvalue weighted by Gasteiger charge is 2.36. The number of rotatable bonds is 3. The van der Waals surface area contributed by atoms with Gasteiger partial charge in [-0.3, -0.25) is 39.7 Å². The number of benzene rings is 1. The Balaban J connectivity index is 1.51. The zero-order chi connectivity index (χ0) is 19.7. The minimum absolute atomic E-state index is 0.161. The Bertz CT molecular complexity index is 973. The summed E-state index contributed by atoms with van der Waals surface area (Å²) in [6.07, 6.45) is 2.24. The van der Waals surface area contributed by atoms with E-state index in [0.29, 0.717) is 31.5 Å². The topological polar surface area (TPSA) is 108 Å². The van der Waals surface area contributed by atoms with E-state index in [4.69, 9.17) is 0 Å². The van der Waals surface area contributed by atoms with Crippen LogP contribution >= 0.6 is 0 Å². The van der Waals surface area contributed by atoms with E-state index in [0.717, 1.165) is 11.1 Å². The number of carbonyl (C=O) groups is 4. The van der Waals surface area contributed by atoms with Crippen LogP contribution < -0.4 is 10.6 Å². The van der Waals surface area contributed by atoms with E-state index in [1.807, 2.05) is 11.0 Å². The molecule has 0 radical (unpaired) electrons. The number of nitrogens with zero attached hydrogens (tertiary/aromatic N) is 2. The molecule has 2 aliphatic rings. The Morgan fingerprint density at radius 1 is 1.07 bits per heavy atom. The number of imide groups is 2. The highest BCUT2D eigenvalue weighted by Crippen LogP contribution is 2.29. The van der Waals surface area contributed by atoms with Crippen LogP contribution in [-0.2, 0) is 22.7 Å². The molecule has 0 spiro atoms. The highest BCUT2D eigenvalue weighted by atomic mass is 16.2. The Hall–Kier alpha value is -3.39. The second kappa shape index (κ2) is 7.32. The third-order valence-electron chi connectivity index (χ3n) is 5.03. The molecule has 8 nitrogen and oxygen atoms in total. The second-order valence-corrected chi connectivity index (χ2v) is 6.81. The smallest absolute Gasteiger partial charge is 0.276 e. The summed E-state index contributed by atoms with van der Waals surface area (Å²) in [5.74, 6) is -1.63. The first-order chi connectivity index (χ1) is 13.5. The van der Waals surface area contributed by atoms with Gasteiger partial charge in [0.25, 0.3) is 11.8 Å². The molecule has 1 atom stereocenters. The van der Waals surface area contributed by atoms with Crippen molar-refractivity contribution < 1.29 is 19.2 Å². The predicted octanol–water partition coefficient (Wildman–Crippen LogP) is 0.773. The Labute approximate surface area is 160 Å². The number of nitrogens with one attached hydrogen (secondary N) is 2. The number of hydrogen-bond acceptors (Lipinski definition) is 6. The molecule has 4 rings (SSSR count). The monoisotopic (exact) mass is 378 g/mol. The van der Waals surface area contributed by atoms with E-state index in [-0.39, 0.29) is 17.5 Å². The van der Waals surface area contributed by atoms with E-state index in [1.54, 1.807) is 24.3 Å². The number of amides is 4. The standard InChI is InChI=1S/C20H18N4O4/c25-17-8-7-16(20(28)22-17)24-10-12-4-3-5-13(14(12)11-24)18(26)23-19(27)15-6-1-2-9-21-15/h1-6,9,16H,7-8,10-11H2,(H,22,25,28)(H,23,26,27). The van der Waals surface area contributed by atoms with Gasteiger partial charge in [-0.15, -0.1) is 0 Å². The van der Waals surface area contributed by atoms with Gasteiger partial charge in [0.15, 0.2) is 0 Å². The maximum absolute atomic E-state index is 12.7. The van der Waals surface area contributed by atoms with Crippen LogP contribution in [0.3, 0.4) is 0 Å². The predicted molar refractivity (Wildman–Crippen MR) is 97.9 cm³/mol. The van der Waals surface area contributed by atoms with E-state index in [1.165, 1.54) is 12.3 Å². The molecule has 1 aromatic heterocycles. The van der Waals surface area contributed by atoms with Gasteiger partial charge in [0.2, 0.25) is 11.8 Å². The van der Waals surface area contributed by atoms with Crippen molar-refractivity contribution in [2.24, 2.45) is 0 Å². The molecule has 2 aliphatic heterocycles. The minimum atomic E-state index is -0.566. The van der Waals surface area contributed by atoms with Crippen LogP contribution in [0.15, 0.2) is 42.6 Å². The van der Waals surface area contributed by atoms with Crippen LogP contribution in [0.2, 0.25) is 0 Å². The van der Waals surface area contributed by atoms with Crippen LogP contribution in [0.5, 0.6) is 0 Å². The van der Waals surface area contributed by atoms with Gasteiger partial charge < -0.3 is 0 Å². The summed E-state index contributed by atoms with van der Waals surface area (Å²) >= 11 is 0. The Morgan fingerprint density at radius 3 is 2.68 bits per heavy atom. The highest BCUT2D eigenvalue weighted by molar-refractivity contribution is 6.10. The van der Waals surface area contributed by atoms with E-state index >= 15 is 0 Å². The van der Waals surface area contributed by atoms with Crippen LogP contribution in [0.25, 0.3) is 0 Å². The van der Waals surface area contributed by atoms with Crippen molar-refractivity contribution in [3.8, 4) is 0 Å². The number of carbonyl (C=O) groups excluding carboxylic acids is 4. The summed E-state index contributed by atoms with van der Waals surface area (Å²) in [6.45, 7) is 0.917. The van der Waals surface area contributed by atoms with Gasteiger partial charge in [-0.25, -0.2) is 0 Å². The first-order valence-corrected chi connectivity index (χ1v) is 8.98. The lowest BCUT2D eigenvalue weighted by Crippen LogP contribution is -2.50. The lowest BCUT2D eigenvalue weighted by atomic mass is 10.0. The number of fused-ring (bicyclic) bond motifs is 1. The average molecular weight is 378 g/mol. The molecule has 28 heavy (non-hydrogen) atoms. The number of piperidine rings is 1. The molecule has 0 bridgehead atoms. The largest absolute Gasteiger partial charge is 0.295 e. The lowest BCUT2D eigenvalue weighted by Gasteiger charge is -2.29.